The van der Waals surface area contributed by atoms with Crippen molar-refractivity contribution < 1.29 is 22.7 Å². The maximum atomic E-state index is 12.6. The molecule has 156 valence electrons. The predicted octanol–water partition coefficient (Wildman–Crippen LogP) is 2.70. The third-order valence-electron chi connectivity index (χ3n) is 5.25. The number of carbonyl (C=O) groups is 1. The molecule has 2 saturated heterocycles. The molecule has 1 aromatic heterocycles. The van der Waals surface area contributed by atoms with Gasteiger partial charge in [0.2, 0.25) is 5.91 Å². The van der Waals surface area contributed by atoms with Crippen LogP contribution < -0.4 is 4.72 Å². The zero-order chi connectivity index (χ0) is 20.3. The van der Waals surface area contributed by atoms with Gasteiger partial charge in [0.1, 0.15) is 4.21 Å². The normalized spacial score (nSPS) is 18.8. The lowest BCUT2D eigenvalue weighted by Crippen LogP contribution is -2.42. The average molecular weight is 437 g/mol. The Bertz CT molecular complexity index is 914. The fraction of sp³-hybridized carbons (Fsp3) is 0.450. The van der Waals surface area contributed by atoms with Gasteiger partial charge < -0.3 is 14.4 Å². The van der Waals surface area contributed by atoms with E-state index in [4.69, 9.17) is 9.47 Å². The van der Waals surface area contributed by atoms with Crippen molar-refractivity contribution in [2.24, 2.45) is 5.92 Å². The number of ether oxygens (including phenoxy) is 2. The van der Waals surface area contributed by atoms with Crippen LogP contribution in [0, 0.1) is 5.92 Å². The molecule has 0 radical (unpaired) electrons. The van der Waals surface area contributed by atoms with Crippen LogP contribution in [0.3, 0.4) is 0 Å². The number of likely N-dealkylation sites (tertiary alicyclic amines) is 1. The summed E-state index contributed by atoms with van der Waals surface area (Å²) in [6.45, 7) is 2.74. The first-order chi connectivity index (χ1) is 14.0. The first-order valence-corrected chi connectivity index (χ1v) is 12.0. The van der Waals surface area contributed by atoms with Crippen LogP contribution in [-0.4, -0.2) is 51.8 Å². The van der Waals surface area contributed by atoms with Crippen molar-refractivity contribution in [1.29, 1.82) is 0 Å². The van der Waals surface area contributed by atoms with Crippen LogP contribution in [0.4, 0.5) is 5.69 Å². The topological polar surface area (TPSA) is 84.9 Å². The summed E-state index contributed by atoms with van der Waals surface area (Å²) < 4.78 is 38.5. The zero-order valence-corrected chi connectivity index (χ0v) is 17.6. The summed E-state index contributed by atoms with van der Waals surface area (Å²) in [5, 5.41) is 1.72. The van der Waals surface area contributed by atoms with Crippen molar-refractivity contribution in [3.05, 3.63) is 47.3 Å². The maximum absolute atomic E-state index is 12.6. The zero-order valence-electron chi connectivity index (χ0n) is 16.0. The smallest absolute Gasteiger partial charge is 0.271 e. The van der Waals surface area contributed by atoms with Gasteiger partial charge >= 0.3 is 0 Å². The molecule has 1 aromatic carbocycles. The Morgan fingerprint density at radius 1 is 1.10 bits per heavy atom. The molecule has 0 aliphatic carbocycles. The molecule has 9 heteroatoms. The van der Waals surface area contributed by atoms with Crippen molar-refractivity contribution in [3.63, 3.8) is 0 Å². The minimum atomic E-state index is -3.56. The summed E-state index contributed by atoms with van der Waals surface area (Å²) in [7, 11) is -3.56. The van der Waals surface area contributed by atoms with E-state index < -0.39 is 10.0 Å². The second-order valence-electron chi connectivity index (χ2n) is 7.24. The Balaban J connectivity index is 1.29. The summed E-state index contributed by atoms with van der Waals surface area (Å²) in [4.78, 5) is 14.5. The fourth-order valence-electron chi connectivity index (χ4n) is 3.67. The van der Waals surface area contributed by atoms with Gasteiger partial charge in [-0.2, -0.15) is 0 Å². The van der Waals surface area contributed by atoms with Crippen LogP contribution in [0.5, 0.6) is 0 Å². The van der Waals surface area contributed by atoms with Crippen LogP contribution in [0.15, 0.2) is 46.0 Å². The highest BCUT2D eigenvalue weighted by atomic mass is 32.2. The minimum Gasteiger partial charge on any atom is -0.350 e. The summed E-state index contributed by atoms with van der Waals surface area (Å²) in [6, 6.07) is 10.2. The fourth-order valence-corrected chi connectivity index (χ4v) is 5.72. The Labute approximate surface area is 174 Å². The molecule has 0 bridgehead atoms. The van der Waals surface area contributed by atoms with Gasteiger partial charge in [0.25, 0.3) is 10.0 Å². The molecule has 0 saturated carbocycles. The van der Waals surface area contributed by atoms with E-state index in [1.54, 1.807) is 41.8 Å². The number of benzene rings is 1. The van der Waals surface area contributed by atoms with Gasteiger partial charge in [-0.15, -0.1) is 11.3 Å². The summed E-state index contributed by atoms with van der Waals surface area (Å²) in [5.74, 6) is 0.445. The highest BCUT2D eigenvalue weighted by Crippen LogP contribution is 2.26. The molecule has 2 fully saturated rings. The van der Waals surface area contributed by atoms with Crippen LogP contribution in [0.2, 0.25) is 0 Å². The van der Waals surface area contributed by atoms with E-state index in [0.29, 0.717) is 44.3 Å². The first-order valence-electron chi connectivity index (χ1n) is 9.67. The van der Waals surface area contributed by atoms with Crippen molar-refractivity contribution in [2.75, 3.05) is 31.0 Å². The Kier molecular flexibility index (Phi) is 6.19. The highest BCUT2D eigenvalue weighted by molar-refractivity contribution is 7.94. The van der Waals surface area contributed by atoms with E-state index in [9.17, 15) is 13.2 Å². The second kappa shape index (κ2) is 8.83. The summed E-state index contributed by atoms with van der Waals surface area (Å²) in [5.41, 5.74) is 1.34. The third-order valence-corrected chi connectivity index (χ3v) is 8.02. The van der Waals surface area contributed by atoms with Crippen LogP contribution in [-0.2, 0) is 30.7 Å². The number of amides is 1. The standard InChI is InChI=1S/C20H24N2O5S2/c23-18(22-9-7-16(8-10-22)20-26-11-12-27-20)14-15-3-5-17(6-4-15)21-29(24,25)19-2-1-13-28-19/h1-6,13,16,20-21H,7-12,14H2. The van der Waals surface area contributed by atoms with Crippen LogP contribution >= 0.6 is 11.3 Å². The number of hydrogen-bond acceptors (Lipinski definition) is 6. The largest absolute Gasteiger partial charge is 0.350 e. The van der Waals surface area contributed by atoms with E-state index in [-0.39, 0.29) is 16.4 Å². The Morgan fingerprint density at radius 3 is 2.41 bits per heavy atom. The number of carbonyl (C=O) groups excluding carboxylic acids is 1. The molecule has 0 unspecified atom stereocenters. The SMILES string of the molecule is O=C(Cc1ccc(NS(=O)(=O)c2cccs2)cc1)N1CCC(C2OCCO2)CC1. The maximum Gasteiger partial charge on any atom is 0.271 e. The molecule has 7 nitrogen and oxygen atoms in total. The van der Waals surface area contributed by atoms with E-state index >= 15 is 0 Å². The molecule has 2 aromatic rings. The van der Waals surface area contributed by atoms with Crippen LogP contribution in [0.1, 0.15) is 18.4 Å². The van der Waals surface area contributed by atoms with Gasteiger partial charge in [0.15, 0.2) is 6.29 Å². The number of sulfonamides is 1. The number of thiophene rings is 1. The molecule has 4 rings (SSSR count). The van der Waals surface area contributed by atoms with Crippen molar-refractivity contribution in [3.8, 4) is 0 Å². The van der Waals surface area contributed by atoms with E-state index in [2.05, 4.69) is 4.72 Å². The molecule has 1 N–H and O–H groups in total. The average Bonchev–Trinajstić information content (AvgIpc) is 3.44. The number of nitrogens with one attached hydrogen (secondary N) is 1. The molecule has 3 heterocycles. The minimum absolute atomic E-state index is 0.0867. The van der Waals surface area contributed by atoms with E-state index in [1.165, 1.54) is 11.3 Å². The van der Waals surface area contributed by atoms with Crippen molar-refractivity contribution in [2.45, 2.75) is 29.8 Å². The summed E-state index contributed by atoms with van der Waals surface area (Å²) >= 11 is 1.17. The number of piperidine rings is 1. The number of nitrogens with zero attached hydrogens (tertiary/aromatic N) is 1. The lowest BCUT2D eigenvalue weighted by Gasteiger charge is -2.34. The van der Waals surface area contributed by atoms with Crippen molar-refractivity contribution in [1.82, 2.24) is 4.90 Å². The van der Waals surface area contributed by atoms with E-state index in [0.717, 1.165) is 18.4 Å². The van der Waals surface area contributed by atoms with Crippen LogP contribution in [0.25, 0.3) is 0 Å². The first kappa shape index (κ1) is 20.3. The molecular formula is C20H24N2O5S2. The predicted molar refractivity (Wildman–Crippen MR) is 110 cm³/mol. The highest BCUT2D eigenvalue weighted by Gasteiger charge is 2.31. The Morgan fingerprint density at radius 2 is 1.79 bits per heavy atom. The van der Waals surface area contributed by atoms with Gasteiger partial charge in [0, 0.05) is 24.7 Å². The van der Waals surface area contributed by atoms with E-state index in [1.807, 2.05) is 4.90 Å². The van der Waals surface area contributed by atoms with Gasteiger partial charge in [-0.25, -0.2) is 8.42 Å². The monoisotopic (exact) mass is 436 g/mol. The lowest BCUT2D eigenvalue weighted by molar-refractivity contribution is -0.136. The number of rotatable bonds is 6. The quantitative estimate of drug-likeness (QED) is 0.753. The molecular weight excluding hydrogens is 412 g/mol. The number of anilines is 1. The molecule has 2 aliphatic heterocycles. The lowest BCUT2D eigenvalue weighted by atomic mass is 9.95. The van der Waals surface area contributed by atoms with Gasteiger partial charge in [0.05, 0.1) is 19.6 Å². The number of hydrogen-bond donors (Lipinski definition) is 1. The second-order valence-corrected chi connectivity index (χ2v) is 10.1. The Hall–Kier alpha value is -1.94. The summed E-state index contributed by atoms with van der Waals surface area (Å²) in [6.07, 6.45) is 1.97. The molecule has 0 atom stereocenters. The third kappa shape index (κ3) is 4.98. The van der Waals surface area contributed by atoms with Gasteiger partial charge in [-0.05, 0) is 42.0 Å². The molecule has 1 amide bonds. The van der Waals surface area contributed by atoms with Crippen molar-refractivity contribution >= 4 is 33.0 Å². The van der Waals surface area contributed by atoms with Gasteiger partial charge in [-0.3, -0.25) is 9.52 Å². The van der Waals surface area contributed by atoms with Gasteiger partial charge in [-0.1, -0.05) is 18.2 Å². The molecule has 2 aliphatic rings. The molecule has 0 spiro atoms. The molecule has 29 heavy (non-hydrogen) atoms.